The van der Waals surface area contributed by atoms with Crippen molar-refractivity contribution >= 4 is 17.3 Å². The predicted octanol–water partition coefficient (Wildman–Crippen LogP) is 2.15. The Morgan fingerprint density at radius 3 is 2.84 bits per heavy atom. The lowest BCUT2D eigenvalue weighted by atomic mass is 10.2. The van der Waals surface area contributed by atoms with Crippen LogP contribution in [-0.2, 0) is 0 Å². The van der Waals surface area contributed by atoms with E-state index >= 15 is 0 Å². The lowest BCUT2D eigenvalue weighted by molar-refractivity contribution is 0.415. The van der Waals surface area contributed by atoms with Crippen molar-refractivity contribution in [3.63, 3.8) is 0 Å². The molecule has 1 aromatic carbocycles. The standard InChI is InChI=1S/C13H13N5O/c1-18(10-5-3-4-6-11(10)19-2)13-7-12(15-8-14)16-9-17-13/h3-7,9H,1-2H3,(H,15,16,17). The number of para-hydroxylation sites is 2. The minimum atomic E-state index is 0.453. The average Bonchev–Trinajstić information content (AvgIpc) is 2.47. The maximum absolute atomic E-state index is 8.59. The Bertz CT molecular complexity index is 608. The van der Waals surface area contributed by atoms with E-state index in [4.69, 9.17) is 10.00 Å². The molecule has 6 nitrogen and oxygen atoms in total. The first kappa shape index (κ1) is 12.6. The van der Waals surface area contributed by atoms with Crippen LogP contribution in [0.1, 0.15) is 0 Å². The van der Waals surface area contributed by atoms with Gasteiger partial charge in [-0.3, -0.25) is 5.32 Å². The highest BCUT2D eigenvalue weighted by Gasteiger charge is 2.11. The minimum Gasteiger partial charge on any atom is -0.495 e. The minimum absolute atomic E-state index is 0.453. The molecule has 1 N–H and O–H groups in total. The van der Waals surface area contributed by atoms with Crippen molar-refractivity contribution < 1.29 is 4.74 Å². The van der Waals surface area contributed by atoms with Gasteiger partial charge in [-0.2, -0.15) is 5.26 Å². The van der Waals surface area contributed by atoms with Gasteiger partial charge in [-0.05, 0) is 12.1 Å². The molecule has 0 amide bonds. The first-order chi connectivity index (χ1) is 9.26. The number of anilines is 3. The zero-order valence-corrected chi connectivity index (χ0v) is 10.7. The van der Waals surface area contributed by atoms with E-state index in [1.807, 2.05) is 42.4 Å². The number of rotatable bonds is 4. The van der Waals surface area contributed by atoms with Gasteiger partial charge in [-0.1, -0.05) is 12.1 Å². The summed E-state index contributed by atoms with van der Waals surface area (Å²) in [4.78, 5) is 9.99. The molecule has 19 heavy (non-hydrogen) atoms. The molecule has 0 aliphatic heterocycles. The fraction of sp³-hybridized carbons (Fsp3) is 0.154. The fourth-order valence-electron chi connectivity index (χ4n) is 1.69. The monoisotopic (exact) mass is 255 g/mol. The van der Waals surface area contributed by atoms with Crippen molar-refractivity contribution in [1.29, 1.82) is 5.26 Å². The second-order valence-corrected chi connectivity index (χ2v) is 3.73. The van der Waals surface area contributed by atoms with E-state index in [1.54, 1.807) is 13.2 Å². The second kappa shape index (κ2) is 5.69. The predicted molar refractivity (Wildman–Crippen MR) is 72.3 cm³/mol. The number of aromatic nitrogens is 2. The molecule has 0 saturated carbocycles. The lowest BCUT2D eigenvalue weighted by Crippen LogP contribution is -2.12. The number of nitriles is 1. The van der Waals surface area contributed by atoms with Gasteiger partial charge in [0.1, 0.15) is 23.7 Å². The highest BCUT2D eigenvalue weighted by atomic mass is 16.5. The van der Waals surface area contributed by atoms with E-state index in [1.165, 1.54) is 6.33 Å². The van der Waals surface area contributed by atoms with Gasteiger partial charge >= 0.3 is 0 Å². The van der Waals surface area contributed by atoms with Crippen molar-refractivity contribution in [3.8, 4) is 11.9 Å². The Morgan fingerprint density at radius 1 is 1.32 bits per heavy atom. The Hall–Kier alpha value is -2.81. The topological polar surface area (TPSA) is 74.1 Å². The maximum atomic E-state index is 8.59. The molecule has 0 fully saturated rings. The Labute approximate surface area is 111 Å². The molecule has 1 aromatic heterocycles. The zero-order chi connectivity index (χ0) is 13.7. The van der Waals surface area contributed by atoms with Crippen LogP contribution in [0.3, 0.4) is 0 Å². The summed E-state index contributed by atoms with van der Waals surface area (Å²) in [5.74, 6) is 1.87. The molecule has 0 radical (unpaired) electrons. The number of methoxy groups -OCH3 is 1. The van der Waals surface area contributed by atoms with Gasteiger partial charge in [0.15, 0.2) is 6.19 Å². The van der Waals surface area contributed by atoms with E-state index in [-0.39, 0.29) is 0 Å². The van der Waals surface area contributed by atoms with E-state index < -0.39 is 0 Å². The number of nitrogens with one attached hydrogen (secondary N) is 1. The summed E-state index contributed by atoms with van der Waals surface area (Å²) < 4.78 is 5.31. The highest BCUT2D eigenvalue weighted by Crippen LogP contribution is 2.31. The summed E-state index contributed by atoms with van der Waals surface area (Å²) >= 11 is 0. The number of hydrogen-bond donors (Lipinski definition) is 1. The summed E-state index contributed by atoms with van der Waals surface area (Å²) in [7, 11) is 3.49. The first-order valence-corrected chi connectivity index (χ1v) is 5.60. The maximum Gasteiger partial charge on any atom is 0.182 e. The van der Waals surface area contributed by atoms with Crippen LogP contribution >= 0.6 is 0 Å². The van der Waals surface area contributed by atoms with Crippen LogP contribution in [0.4, 0.5) is 17.3 Å². The van der Waals surface area contributed by atoms with Crippen LogP contribution in [-0.4, -0.2) is 24.1 Å². The summed E-state index contributed by atoms with van der Waals surface area (Å²) in [5.41, 5.74) is 0.881. The quantitative estimate of drug-likeness (QED) is 0.666. The molecular formula is C13H13N5O. The molecule has 0 atom stereocenters. The Balaban J connectivity index is 2.36. The molecule has 2 aromatic rings. The van der Waals surface area contributed by atoms with Crippen molar-refractivity contribution in [2.45, 2.75) is 0 Å². The fourth-order valence-corrected chi connectivity index (χ4v) is 1.69. The summed E-state index contributed by atoms with van der Waals surface area (Å²) in [6.45, 7) is 0. The molecule has 0 unspecified atom stereocenters. The van der Waals surface area contributed by atoms with Crippen LogP contribution in [0.2, 0.25) is 0 Å². The third kappa shape index (κ3) is 2.72. The molecule has 0 aliphatic carbocycles. The number of benzene rings is 1. The smallest absolute Gasteiger partial charge is 0.182 e. The van der Waals surface area contributed by atoms with Crippen LogP contribution in [0.15, 0.2) is 36.7 Å². The second-order valence-electron chi connectivity index (χ2n) is 3.73. The van der Waals surface area contributed by atoms with E-state index in [0.29, 0.717) is 11.6 Å². The highest BCUT2D eigenvalue weighted by molar-refractivity contribution is 5.67. The molecule has 1 heterocycles. The van der Waals surface area contributed by atoms with Crippen LogP contribution in [0.5, 0.6) is 5.75 Å². The van der Waals surface area contributed by atoms with Crippen LogP contribution < -0.4 is 15.0 Å². The third-order valence-corrected chi connectivity index (χ3v) is 2.63. The zero-order valence-electron chi connectivity index (χ0n) is 10.7. The summed E-state index contributed by atoms with van der Waals surface area (Å²) in [6, 6.07) is 9.32. The molecule has 0 bridgehead atoms. The SMILES string of the molecule is COc1ccccc1N(C)c1cc(NC#N)ncn1. The molecular weight excluding hydrogens is 242 g/mol. The van der Waals surface area contributed by atoms with Gasteiger partial charge in [0, 0.05) is 13.1 Å². The number of nitrogens with zero attached hydrogens (tertiary/aromatic N) is 4. The van der Waals surface area contributed by atoms with Gasteiger partial charge in [0.05, 0.1) is 12.8 Å². The summed E-state index contributed by atoms with van der Waals surface area (Å²) in [6.07, 6.45) is 3.23. The van der Waals surface area contributed by atoms with E-state index in [9.17, 15) is 0 Å². The normalized spacial score (nSPS) is 9.53. The van der Waals surface area contributed by atoms with Gasteiger partial charge in [-0.15, -0.1) is 0 Å². The average molecular weight is 255 g/mol. The van der Waals surface area contributed by atoms with Gasteiger partial charge < -0.3 is 9.64 Å². The third-order valence-electron chi connectivity index (χ3n) is 2.63. The van der Waals surface area contributed by atoms with Gasteiger partial charge in [-0.25, -0.2) is 9.97 Å². The summed E-state index contributed by atoms with van der Waals surface area (Å²) in [5, 5.41) is 11.1. The van der Waals surface area contributed by atoms with Crippen LogP contribution in [0, 0.1) is 11.5 Å². The Kier molecular flexibility index (Phi) is 3.78. The number of hydrogen-bond acceptors (Lipinski definition) is 6. The number of ether oxygens (including phenoxy) is 1. The molecule has 0 spiro atoms. The van der Waals surface area contributed by atoms with E-state index in [0.717, 1.165) is 11.4 Å². The molecule has 6 heteroatoms. The molecule has 0 saturated heterocycles. The lowest BCUT2D eigenvalue weighted by Gasteiger charge is -2.20. The molecule has 0 aliphatic rings. The largest absolute Gasteiger partial charge is 0.495 e. The molecule has 96 valence electrons. The van der Waals surface area contributed by atoms with Crippen molar-refractivity contribution in [3.05, 3.63) is 36.7 Å². The van der Waals surface area contributed by atoms with Crippen molar-refractivity contribution in [1.82, 2.24) is 9.97 Å². The van der Waals surface area contributed by atoms with Gasteiger partial charge in [0.2, 0.25) is 0 Å². The van der Waals surface area contributed by atoms with E-state index in [2.05, 4.69) is 15.3 Å². The molecule has 2 rings (SSSR count). The van der Waals surface area contributed by atoms with Crippen molar-refractivity contribution in [2.75, 3.05) is 24.4 Å². The Morgan fingerprint density at radius 2 is 2.11 bits per heavy atom. The van der Waals surface area contributed by atoms with Gasteiger partial charge in [0.25, 0.3) is 0 Å². The van der Waals surface area contributed by atoms with Crippen LogP contribution in [0.25, 0.3) is 0 Å². The first-order valence-electron chi connectivity index (χ1n) is 5.60. The van der Waals surface area contributed by atoms with Crippen molar-refractivity contribution in [2.24, 2.45) is 0 Å².